The molecule has 4 rings (SSSR count). The van der Waals surface area contributed by atoms with Crippen LogP contribution in [0.5, 0.6) is 0 Å². The van der Waals surface area contributed by atoms with E-state index in [9.17, 15) is 24.6 Å². The zero-order valence-corrected chi connectivity index (χ0v) is 18.5. The molecule has 1 fully saturated rings. The quantitative estimate of drug-likeness (QED) is 0.301. The third-order valence-electron chi connectivity index (χ3n) is 5.33. The number of anilines is 1. The third-order valence-corrected chi connectivity index (χ3v) is 5.86. The van der Waals surface area contributed by atoms with Crippen LogP contribution < -0.4 is 4.90 Å². The van der Waals surface area contributed by atoms with Gasteiger partial charge < -0.3 is 10.2 Å². The van der Waals surface area contributed by atoms with Crippen LogP contribution in [0.25, 0.3) is 5.76 Å². The number of aliphatic hydroxyl groups excluding tert-OH is 1. The Morgan fingerprint density at radius 1 is 0.906 bits per heavy atom. The number of Topliss-reactive ketones (excluding diaryl/α,β-unsaturated/α-hetero) is 1. The molecule has 2 N–H and O–H groups in total. The van der Waals surface area contributed by atoms with Gasteiger partial charge in [0.15, 0.2) is 0 Å². The minimum atomic E-state index is -1.15. The molecule has 0 aliphatic carbocycles. The van der Waals surface area contributed by atoms with Crippen molar-refractivity contribution in [1.29, 1.82) is 0 Å². The molecule has 1 aliphatic heterocycles. The normalized spacial score (nSPS) is 17.6. The van der Waals surface area contributed by atoms with Crippen LogP contribution >= 0.6 is 15.9 Å². The Kier molecular flexibility index (Phi) is 5.67. The van der Waals surface area contributed by atoms with Gasteiger partial charge in [-0.2, -0.15) is 0 Å². The smallest absolute Gasteiger partial charge is 0.335 e. The molecule has 3 aromatic rings. The molecule has 0 saturated carbocycles. The van der Waals surface area contributed by atoms with E-state index in [4.69, 9.17) is 0 Å². The summed E-state index contributed by atoms with van der Waals surface area (Å²) in [6, 6.07) is 18.9. The predicted molar refractivity (Wildman–Crippen MR) is 124 cm³/mol. The van der Waals surface area contributed by atoms with E-state index >= 15 is 0 Å². The van der Waals surface area contributed by atoms with Gasteiger partial charge in [-0.3, -0.25) is 14.5 Å². The number of amides is 1. The van der Waals surface area contributed by atoms with Gasteiger partial charge in [0.05, 0.1) is 17.2 Å². The summed E-state index contributed by atoms with van der Waals surface area (Å²) < 4.78 is 0.810. The fourth-order valence-electron chi connectivity index (χ4n) is 3.72. The van der Waals surface area contributed by atoms with Gasteiger partial charge in [-0.05, 0) is 42.8 Å². The lowest BCUT2D eigenvalue weighted by Gasteiger charge is -2.25. The molecule has 32 heavy (non-hydrogen) atoms. The number of carbonyl (C=O) groups is 3. The van der Waals surface area contributed by atoms with Gasteiger partial charge in [0.25, 0.3) is 11.7 Å². The first-order valence-corrected chi connectivity index (χ1v) is 10.5. The summed E-state index contributed by atoms with van der Waals surface area (Å²) in [6.45, 7) is 1.90. The Balaban J connectivity index is 1.94. The molecule has 1 heterocycles. The number of hydrogen-bond acceptors (Lipinski definition) is 4. The average Bonchev–Trinajstić information content (AvgIpc) is 3.05. The van der Waals surface area contributed by atoms with Crippen LogP contribution in [0.1, 0.15) is 33.1 Å². The van der Waals surface area contributed by atoms with E-state index in [1.807, 2.05) is 6.92 Å². The Bertz CT molecular complexity index is 1260. The maximum Gasteiger partial charge on any atom is 0.335 e. The van der Waals surface area contributed by atoms with Crippen molar-refractivity contribution in [2.45, 2.75) is 13.0 Å². The summed E-state index contributed by atoms with van der Waals surface area (Å²) in [5.41, 5.74) is 2.18. The van der Waals surface area contributed by atoms with Crippen molar-refractivity contribution in [3.05, 3.63) is 105 Å². The first kappa shape index (κ1) is 21.5. The molecule has 7 heteroatoms. The lowest BCUT2D eigenvalue weighted by molar-refractivity contribution is -0.132. The SMILES string of the molecule is Cc1ccc(/C(O)=C2/C(=O)C(=O)N(c3cccc(C(=O)O)c3)C2c2ccc(Br)cc2)cc1. The number of aromatic carboxylic acids is 1. The molecule has 0 spiro atoms. The standard InChI is InChI=1S/C25H18BrNO5/c1-14-5-7-16(8-6-14)22(28)20-21(15-9-11-18(26)12-10-15)27(24(30)23(20)29)19-4-2-3-17(13-19)25(31)32/h2-13,21,28H,1H3,(H,31,32)/b22-20-. The summed E-state index contributed by atoms with van der Waals surface area (Å²) in [5.74, 6) is -3.11. The second kappa shape index (κ2) is 8.43. The van der Waals surface area contributed by atoms with Gasteiger partial charge in [0, 0.05) is 15.7 Å². The first-order valence-electron chi connectivity index (χ1n) is 9.75. The molecule has 6 nitrogen and oxygen atoms in total. The first-order chi connectivity index (χ1) is 15.3. The van der Waals surface area contributed by atoms with Crippen LogP contribution in [-0.2, 0) is 9.59 Å². The second-order valence-corrected chi connectivity index (χ2v) is 8.36. The van der Waals surface area contributed by atoms with Crippen molar-refractivity contribution in [2.75, 3.05) is 4.90 Å². The van der Waals surface area contributed by atoms with Crippen molar-refractivity contribution in [2.24, 2.45) is 0 Å². The molecule has 0 radical (unpaired) electrons. The molecule has 1 aliphatic rings. The predicted octanol–water partition coefficient (Wildman–Crippen LogP) is 5.08. The number of aryl methyl sites for hydroxylation is 1. The van der Waals surface area contributed by atoms with Crippen LogP contribution in [-0.4, -0.2) is 27.9 Å². The lowest BCUT2D eigenvalue weighted by atomic mass is 9.95. The summed E-state index contributed by atoms with van der Waals surface area (Å²) in [5, 5.41) is 20.4. The second-order valence-electron chi connectivity index (χ2n) is 7.44. The van der Waals surface area contributed by atoms with Gasteiger partial charge in [-0.15, -0.1) is 0 Å². The molecule has 1 atom stereocenters. The van der Waals surface area contributed by atoms with E-state index < -0.39 is 23.7 Å². The van der Waals surface area contributed by atoms with Gasteiger partial charge in [-0.1, -0.05) is 64.0 Å². The van der Waals surface area contributed by atoms with Crippen molar-refractivity contribution >= 4 is 45.0 Å². The van der Waals surface area contributed by atoms with Crippen molar-refractivity contribution < 1.29 is 24.6 Å². The maximum atomic E-state index is 13.1. The number of rotatable bonds is 4. The molecular formula is C25H18BrNO5. The summed E-state index contributed by atoms with van der Waals surface area (Å²) in [4.78, 5) is 38.9. The highest BCUT2D eigenvalue weighted by atomic mass is 79.9. The molecule has 0 bridgehead atoms. The van der Waals surface area contributed by atoms with Crippen LogP contribution in [0, 0.1) is 6.92 Å². The Morgan fingerprint density at radius 3 is 2.19 bits per heavy atom. The van der Waals surface area contributed by atoms with E-state index in [0.29, 0.717) is 11.1 Å². The third kappa shape index (κ3) is 3.83. The zero-order valence-electron chi connectivity index (χ0n) is 16.9. The van der Waals surface area contributed by atoms with Crippen LogP contribution in [0.15, 0.2) is 82.8 Å². The fourth-order valence-corrected chi connectivity index (χ4v) is 3.98. The molecule has 1 unspecified atom stereocenters. The fraction of sp³-hybridized carbons (Fsp3) is 0.0800. The van der Waals surface area contributed by atoms with E-state index in [2.05, 4.69) is 15.9 Å². The van der Waals surface area contributed by atoms with E-state index in [1.165, 1.54) is 23.1 Å². The van der Waals surface area contributed by atoms with Crippen molar-refractivity contribution in [3.8, 4) is 0 Å². The van der Waals surface area contributed by atoms with Gasteiger partial charge in [0.1, 0.15) is 5.76 Å². The van der Waals surface area contributed by atoms with E-state index in [0.717, 1.165) is 10.0 Å². The number of halogens is 1. The van der Waals surface area contributed by atoms with E-state index in [1.54, 1.807) is 54.6 Å². The highest BCUT2D eigenvalue weighted by Gasteiger charge is 2.47. The molecular weight excluding hydrogens is 474 g/mol. The number of nitrogens with zero attached hydrogens (tertiary/aromatic N) is 1. The molecule has 1 amide bonds. The van der Waals surface area contributed by atoms with Gasteiger partial charge in [-0.25, -0.2) is 4.79 Å². The number of carbonyl (C=O) groups excluding carboxylic acids is 2. The highest BCUT2D eigenvalue weighted by Crippen LogP contribution is 2.42. The number of aliphatic hydroxyl groups is 1. The number of carboxylic acid groups (broad SMARTS) is 1. The topological polar surface area (TPSA) is 94.9 Å². The van der Waals surface area contributed by atoms with Crippen molar-refractivity contribution in [1.82, 2.24) is 0 Å². The van der Waals surface area contributed by atoms with Crippen LogP contribution in [0.4, 0.5) is 5.69 Å². The average molecular weight is 492 g/mol. The molecule has 3 aromatic carbocycles. The van der Waals surface area contributed by atoms with Gasteiger partial charge >= 0.3 is 5.97 Å². The molecule has 1 saturated heterocycles. The maximum absolute atomic E-state index is 13.1. The minimum absolute atomic E-state index is 0.0162. The summed E-state index contributed by atoms with van der Waals surface area (Å²) >= 11 is 3.38. The van der Waals surface area contributed by atoms with E-state index in [-0.39, 0.29) is 22.6 Å². The number of carboxylic acids is 1. The van der Waals surface area contributed by atoms with Crippen molar-refractivity contribution in [3.63, 3.8) is 0 Å². The lowest BCUT2D eigenvalue weighted by Crippen LogP contribution is -2.29. The number of benzene rings is 3. The zero-order chi connectivity index (χ0) is 23.0. The van der Waals surface area contributed by atoms with Gasteiger partial charge in [0.2, 0.25) is 0 Å². The Hall–Kier alpha value is -3.71. The Labute approximate surface area is 192 Å². The summed E-state index contributed by atoms with van der Waals surface area (Å²) in [7, 11) is 0. The van der Waals surface area contributed by atoms with Crippen LogP contribution in [0.3, 0.4) is 0 Å². The monoisotopic (exact) mass is 491 g/mol. The Morgan fingerprint density at radius 2 is 1.56 bits per heavy atom. The van der Waals surface area contributed by atoms with Crippen LogP contribution in [0.2, 0.25) is 0 Å². The largest absolute Gasteiger partial charge is 0.507 e. The highest BCUT2D eigenvalue weighted by molar-refractivity contribution is 9.10. The molecule has 0 aromatic heterocycles. The number of ketones is 1. The minimum Gasteiger partial charge on any atom is -0.507 e. The molecule has 160 valence electrons. The summed E-state index contributed by atoms with van der Waals surface area (Å²) in [6.07, 6.45) is 0. The number of hydrogen-bond donors (Lipinski definition) is 2.